The van der Waals surface area contributed by atoms with E-state index >= 15 is 0 Å². The number of hydrogen-bond donors (Lipinski definition) is 0. The molecule has 4 heteroatoms. The van der Waals surface area contributed by atoms with Crippen LogP contribution in [0.25, 0.3) is 98.7 Å². The van der Waals surface area contributed by atoms with Crippen molar-refractivity contribution < 1.29 is 4.42 Å². The van der Waals surface area contributed by atoms with Crippen molar-refractivity contribution in [3.63, 3.8) is 0 Å². The van der Waals surface area contributed by atoms with E-state index < -0.39 is 0 Å². The lowest BCUT2D eigenvalue weighted by atomic mass is 9.41. The van der Waals surface area contributed by atoms with Gasteiger partial charge in [0.2, 0.25) is 0 Å². The van der Waals surface area contributed by atoms with E-state index in [0.717, 1.165) is 39.0 Å². The molecule has 1 unspecified atom stereocenters. The van der Waals surface area contributed by atoms with Crippen molar-refractivity contribution in [1.29, 1.82) is 0 Å². The number of nitrogens with zero attached hydrogens (tertiary/aromatic N) is 2. The minimum atomic E-state index is -0.157. The van der Waals surface area contributed by atoms with Crippen molar-refractivity contribution in [2.24, 2.45) is 0 Å². The van der Waals surface area contributed by atoms with Gasteiger partial charge in [-0.05, 0) is 163 Å². The summed E-state index contributed by atoms with van der Waals surface area (Å²) in [6.07, 6.45) is 0. The Morgan fingerprint density at radius 2 is 0.960 bits per heavy atom. The molecule has 0 bridgehead atoms. The smallest absolute Gasteiger partial charge is 0.329 e. The fourth-order valence-electron chi connectivity index (χ4n) is 13.5. The lowest BCUT2D eigenvalue weighted by Crippen LogP contribution is -2.57. The molecule has 75 heavy (non-hydrogen) atoms. The zero-order valence-electron chi connectivity index (χ0n) is 41.6. The van der Waals surface area contributed by atoms with Gasteiger partial charge < -0.3 is 13.8 Å². The van der Waals surface area contributed by atoms with Crippen molar-refractivity contribution in [2.45, 2.75) is 19.8 Å². The molecule has 3 nitrogen and oxygen atoms in total. The average molecular weight is 955 g/mol. The summed E-state index contributed by atoms with van der Waals surface area (Å²) in [6.45, 7) is 4.51. The van der Waals surface area contributed by atoms with Crippen LogP contribution in [0.15, 0.2) is 247 Å². The molecule has 0 radical (unpaired) electrons. The minimum Gasteiger partial charge on any atom is -0.455 e. The third kappa shape index (κ3) is 6.11. The van der Waals surface area contributed by atoms with Crippen LogP contribution >= 0.6 is 0 Å². The van der Waals surface area contributed by atoms with E-state index in [9.17, 15) is 0 Å². The molecule has 2 aliphatic rings. The van der Waals surface area contributed by atoms with E-state index in [1.165, 1.54) is 115 Å². The predicted octanol–water partition coefficient (Wildman–Crippen LogP) is 17.5. The third-order valence-corrected chi connectivity index (χ3v) is 16.8. The zero-order valence-corrected chi connectivity index (χ0v) is 41.6. The normalized spacial score (nSPS) is 13.6. The highest BCUT2D eigenvalue weighted by Crippen LogP contribution is 2.51. The summed E-state index contributed by atoms with van der Waals surface area (Å²) < 4.78 is 9.73. The van der Waals surface area contributed by atoms with Crippen LogP contribution in [0.1, 0.15) is 33.7 Å². The summed E-state index contributed by atoms with van der Waals surface area (Å²) in [5, 5.41) is 9.85. The van der Waals surface area contributed by atoms with Gasteiger partial charge in [-0.1, -0.05) is 182 Å². The number of rotatable bonds is 6. The summed E-state index contributed by atoms with van der Waals surface area (Å²) >= 11 is 0. The van der Waals surface area contributed by atoms with Crippen LogP contribution in [-0.2, 0) is 0 Å². The Morgan fingerprint density at radius 3 is 1.60 bits per heavy atom. The number of furan rings is 1. The zero-order chi connectivity index (χ0) is 49.5. The molecule has 12 aromatic carbocycles. The molecule has 2 aromatic heterocycles. The molecule has 14 aromatic rings. The lowest BCUT2D eigenvalue weighted by molar-refractivity contribution is 0.673. The van der Waals surface area contributed by atoms with Crippen LogP contribution in [-0.4, -0.2) is 11.3 Å². The summed E-state index contributed by atoms with van der Waals surface area (Å²) in [6, 6.07) is 90.4. The first-order valence-electron chi connectivity index (χ1n) is 26.2. The quantitative estimate of drug-likeness (QED) is 0.122. The number of aromatic nitrogens is 1. The first-order valence-corrected chi connectivity index (χ1v) is 26.2. The van der Waals surface area contributed by atoms with Gasteiger partial charge in [-0.15, -0.1) is 0 Å². The van der Waals surface area contributed by atoms with Crippen molar-refractivity contribution in [3.8, 4) is 33.4 Å². The largest absolute Gasteiger partial charge is 0.455 e. The first-order chi connectivity index (χ1) is 37.1. The van der Waals surface area contributed by atoms with Gasteiger partial charge in [0, 0.05) is 55.7 Å². The van der Waals surface area contributed by atoms with Gasteiger partial charge in [0.05, 0.1) is 5.39 Å². The Morgan fingerprint density at radius 1 is 0.413 bits per heavy atom. The van der Waals surface area contributed by atoms with Gasteiger partial charge in [0.25, 0.3) is 0 Å². The first kappa shape index (κ1) is 42.2. The maximum Gasteiger partial charge on any atom is 0.329 e. The van der Waals surface area contributed by atoms with Gasteiger partial charge in [0.1, 0.15) is 11.2 Å². The van der Waals surface area contributed by atoms with Gasteiger partial charge in [0.15, 0.2) is 0 Å². The molecule has 0 aliphatic carbocycles. The molecule has 0 saturated carbocycles. The highest BCUT2D eigenvalue weighted by atomic mass is 16.3. The SMILES string of the molecule is Cc1c2ccccc2c(C)c2cc3c(cc12)B1c2c(cc(N(c4ccccc4)c4ccccc4)cc2C3c2cc(-c3ccccc3)cc(-c3ccccc3)c2)-c2cc3c4ccccc4oc3c3c4ccccc4n1c23. The molecule has 4 heterocycles. The van der Waals surface area contributed by atoms with E-state index in [0.29, 0.717) is 0 Å². The highest BCUT2D eigenvalue weighted by molar-refractivity contribution is 6.88. The molecule has 0 saturated heterocycles. The summed E-state index contributed by atoms with van der Waals surface area (Å²) in [7, 11) is 0. The number of para-hydroxylation sites is 4. The maximum absolute atomic E-state index is 7.03. The fourth-order valence-corrected chi connectivity index (χ4v) is 13.5. The van der Waals surface area contributed by atoms with Crippen LogP contribution in [0, 0.1) is 13.8 Å². The number of fused-ring (bicyclic) bond motifs is 13. The van der Waals surface area contributed by atoms with Crippen LogP contribution in [0.4, 0.5) is 17.1 Å². The third-order valence-electron chi connectivity index (χ3n) is 16.8. The second-order valence-corrected chi connectivity index (χ2v) is 20.7. The van der Waals surface area contributed by atoms with Crippen LogP contribution < -0.4 is 15.8 Å². The Labute approximate surface area is 435 Å². The number of benzene rings is 12. The summed E-state index contributed by atoms with van der Waals surface area (Å²) in [4.78, 5) is 2.46. The minimum absolute atomic E-state index is 0.155. The van der Waals surface area contributed by atoms with Crippen LogP contribution in [0.2, 0.25) is 0 Å². The van der Waals surface area contributed by atoms with Gasteiger partial charge in [-0.3, -0.25) is 0 Å². The van der Waals surface area contributed by atoms with Gasteiger partial charge in [-0.25, -0.2) is 0 Å². The Balaban J connectivity index is 1.12. The van der Waals surface area contributed by atoms with Crippen molar-refractivity contribution in [1.82, 2.24) is 4.48 Å². The van der Waals surface area contributed by atoms with Crippen LogP contribution in [0.5, 0.6) is 0 Å². The molecule has 0 fully saturated rings. The maximum atomic E-state index is 7.03. The molecule has 350 valence electrons. The van der Waals surface area contributed by atoms with Crippen LogP contribution in [0.3, 0.4) is 0 Å². The topological polar surface area (TPSA) is 21.3 Å². The lowest BCUT2D eigenvalue weighted by Gasteiger charge is -2.40. The molecule has 1 atom stereocenters. The Kier molecular flexibility index (Phi) is 9.03. The van der Waals surface area contributed by atoms with Crippen molar-refractivity contribution in [2.75, 3.05) is 4.90 Å². The molecule has 0 spiro atoms. The molecule has 0 amide bonds. The summed E-state index contributed by atoms with van der Waals surface area (Å²) in [5.41, 5.74) is 24.1. The molecule has 2 aliphatic heterocycles. The summed E-state index contributed by atoms with van der Waals surface area (Å²) in [5.74, 6) is -0.155. The standard InChI is InChI=1S/C71H47BN2O/c1-43-53-29-15-16-30-54(53)44(2)58-42-64-62(40-57(43)58)67(49-36-47(45-21-7-3-8-22-45)35-48(37-49)46-23-9-4-10-24-46)63-39-52(73(50-25-11-5-12-26-50)51-27-13-6-14-28-51)38-59-60-41-61-55-31-18-20-34-66(55)75-71(61)68-56-32-17-19-33-65(56)74(70(60)68)72(64)69(59)63/h3-42,67H,1-2H3. The van der Waals surface area contributed by atoms with E-state index in [1.807, 2.05) is 0 Å². The molecule has 0 N–H and O–H groups in total. The molecule has 16 rings (SSSR count). The number of anilines is 3. The Bertz CT molecular complexity index is 4570. The van der Waals surface area contributed by atoms with Gasteiger partial charge >= 0.3 is 6.85 Å². The fraction of sp³-hybridized carbons (Fsp3) is 0.0423. The predicted molar refractivity (Wildman–Crippen MR) is 316 cm³/mol. The van der Waals surface area contributed by atoms with E-state index in [-0.39, 0.29) is 12.8 Å². The second-order valence-electron chi connectivity index (χ2n) is 20.7. The van der Waals surface area contributed by atoms with E-state index in [2.05, 4.69) is 266 Å². The Hall–Kier alpha value is -9.38. The van der Waals surface area contributed by atoms with Gasteiger partial charge in [-0.2, -0.15) is 0 Å². The van der Waals surface area contributed by atoms with E-state index in [1.54, 1.807) is 0 Å². The number of aryl methyl sites for hydroxylation is 2. The van der Waals surface area contributed by atoms with Crippen molar-refractivity contribution in [3.05, 3.63) is 270 Å². The average Bonchev–Trinajstić information content (AvgIpc) is 4.06. The number of hydrogen-bond acceptors (Lipinski definition) is 2. The monoisotopic (exact) mass is 954 g/mol. The second kappa shape index (κ2) is 16.1. The molecular formula is C71H47BN2O. The van der Waals surface area contributed by atoms with E-state index in [4.69, 9.17) is 4.42 Å². The molecular weight excluding hydrogens is 908 g/mol. The highest BCUT2D eigenvalue weighted by Gasteiger charge is 2.45. The van der Waals surface area contributed by atoms with Crippen molar-refractivity contribution >= 4 is 100 Å².